The van der Waals surface area contributed by atoms with Gasteiger partial charge in [-0.25, -0.2) is 0 Å². The van der Waals surface area contributed by atoms with Crippen molar-refractivity contribution in [3.05, 3.63) is 12.2 Å². The number of carbonyl (C=O) groups excluding carboxylic acids is 1. The van der Waals surface area contributed by atoms with E-state index in [1.807, 2.05) is 0 Å². The number of aliphatic carboxylic acids is 1. The van der Waals surface area contributed by atoms with Crippen LogP contribution >= 0.6 is 0 Å². The van der Waals surface area contributed by atoms with Gasteiger partial charge < -0.3 is 9.84 Å². The minimum absolute atomic E-state index is 0.0733. The third-order valence-corrected chi connectivity index (χ3v) is 7.72. The summed E-state index contributed by atoms with van der Waals surface area (Å²) in [4.78, 5) is 23.5. The molecule has 1 atom stereocenters. The van der Waals surface area contributed by atoms with E-state index in [2.05, 4.69) is 26.0 Å². The largest absolute Gasteiger partial charge is 0.481 e. The first kappa shape index (κ1) is 37.7. The van der Waals surface area contributed by atoms with Crippen molar-refractivity contribution in [1.82, 2.24) is 0 Å². The molecular formula is C35H66O4. The Bertz CT molecular complexity index is 557. The van der Waals surface area contributed by atoms with E-state index in [-0.39, 0.29) is 12.4 Å². The van der Waals surface area contributed by atoms with Crippen molar-refractivity contribution in [2.45, 2.75) is 200 Å². The van der Waals surface area contributed by atoms with E-state index in [4.69, 9.17) is 4.74 Å². The van der Waals surface area contributed by atoms with Gasteiger partial charge in [-0.1, -0.05) is 148 Å². The fraction of sp³-hybridized carbons (Fsp3) is 0.886. The maximum atomic E-state index is 12.3. The van der Waals surface area contributed by atoms with Crippen molar-refractivity contribution in [3.63, 3.8) is 0 Å². The monoisotopic (exact) mass is 550 g/mol. The van der Waals surface area contributed by atoms with Gasteiger partial charge in [-0.3, -0.25) is 9.59 Å². The first-order chi connectivity index (χ1) is 19.1. The maximum absolute atomic E-state index is 12.3. The molecule has 4 heteroatoms. The molecule has 0 saturated heterocycles. The van der Waals surface area contributed by atoms with Crippen LogP contribution < -0.4 is 0 Å². The lowest BCUT2D eigenvalue weighted by atomic mass is 10.0. The molecule has 0 radical (unpaired) electrons. The number of carboxylic acids is 1. The molecule has 0 saturated carbocycles. The van der Waals surface area contributed by atoms with E-state index in [1.165, 1.54) is 122 Å². The number of hydrogen-bond acceptors (Lipinski definition) is 3. The number of carbonyl (C=O) groups is 2. The predicted molar refractivity (Wildman–Crippen MR) is 167 cm³/mol. The number of allylic oxidation sites excluding steroid dienone is 2. The maximum Gasteiger partial charge on any atom is 0.307 e. The van der Waals surface area contributed by atoms with Gasteiger partial charge in [0, 0.05) is 6.42 Å². The molecule has 0 aliphatic heterocycles. The van der Waals surface area contributed by atoms with Crippen LogP contribution in [0.4, 0.5) is 0 Å². The third-order valence-electron chi connectivity index (χ3n) is 7.72. The Labute approximate surface area is 243 Å². The van der Waals surface area contributed by atoms with Gasteiger partial charge in [0.15, 0.2) is 0 Å². The minimum Gasteiger partial charge on any atom is -0.481 e. The molecule has 0 rings (SSSR count). The normalized spacial score (nSPS) is 12.3. The fourth-order valence-corrected chi connectivity index (χ4v) is 5.20. The topological polar surface area (TPSA) is 63.6 Å². The molecule has 0 fully saturated rings. The average Bonchev–Trinajstić information content (AvgIpc) is 2.91. The van der Waals surface area contributed by atoms with E-state index in [0.29, 0.717) is 12.8 Å². The summed E-state index contributed by atoms with van der Waals surface area (Å²) in [6, 6.07) is 0. The standard InChI is InChI=1S/C35H66O4/c1-3-5-7-9-11-13-15-17-18-19-21-23-25-27-29-31-35(38)39-33(32-34(36)37)30-28-26-24-22-20-16-14-12-10-8-6-4-2/h17-18,33H,3-16,19-32H2,1-2H3,(H,36,37)/b18-17-. The lowest BCUT2D eigenvalue weighted by molar-refractivity contribution is -0.153. The third kappa shape index (κ3) is 31.1. The molecule has 230 valence electrons. The highest BCUT2D eigenvalue weighted by molar-refractivity contribution is 5.71. The molecule has 1 N–H and O–H groups in total. The van der Waals surface area contributed by atoms with Crippen molar-refractivity contribution in [3.8, 4) is 0 Å². The van der Waals surface area contributed by atoms with Gasteiger partial charge >= 0.3 is 11.9 Å². The number of carboxylic acid groups (broad SMARTS) is 1. The molecule has 0 aromatic heterocycles. The zero-order valence-electron chi connectivity index (χ0n) is 26.2. The summed E-state index contributed by atoms with van der Waals surface area (Å²) in [5, 5.41) is 9.21. The van der Waals surface area contributed by atoms with Crippen LogP contribution in [0.2, 0.25) is 0 Å². The van der Waals surface area contributed by atoms with Gasteiger partial charge in [0.1, 0.15) is 6.10 Å². The number of ether oxygens (including phenoxy) is 1. The Hall–Kier alpha value is -1.32. The highest BCUT2D eigenvalue weighted by Gasteiger charge is 2.17. The Morgan fingerprint density at radius 3 is 1.38 bits per heavy atom. The lowest BCUT2D eigenvalue weighted by Gasteiger charge is -2.16. The van der Waals surface area contributed by atoms with Crippen molar-refractivity contribution in [2.75, 3.05) is 0 Å². The Kier molecular flexibility index (Phi) is 30.2. The van der Waals surface area contributed by atoms with Gasteiger partial charge in [0.05, 0.1) is 6.42 Å². The highest BCUT2D eigenvalue weighted by Crippen LogP contribution is 2.16. The van der Waals surface area contributed by atoms with Crippen LogP contribution in [0.25, 0.3) is 0 Å². The van der Waals surface area contributed by atoms with E-state index < -0.39 is 12.1 Å². The average molecular weight is 551 g/mol. The molecular weight excluding hydrogens is 484 g/mol. The zero-order chi connectivity index (χ0) is 28.7. The first-order valence-corrected chi connectivity index (χ1v) is 17.2. The molecule has 0 spiro atoms. The Balaban J connectivity index is 3.68. The minimum atomic E-state index is -0.882. The summed E-state index contributed by atoms with van der Waals surface area (Å²) < 4.78 is 5.55. The zero-order valence-corrected chi connectivity index (χ0v) is 26.2. The molecule has 4 nitrogen and oxygen atoms in total. The quantitative estimate of drug-likeness (QED) is 0.0529. The van der Waals surface area contributed by atoms with Crippen molar-refractivity contribution in [2.24, 2.45) is 0 Å². The van der Waals surface area contributed by atoms with E-state index in [9.17, 15) is 14.7 Å². The lowest BCUT2D eigenvalue weighted by Crippen LogP contribution is -2.21. The molecule has 0 heterocycles. The van der Waals surface area contributed by atoms with Crippen LogP contribution in [-0.4, -0.2) is 23.1 Å². The second kappa shape index (κ2) is 31.2. The van der Waals surface area contributed by atoms with E-state index in [0.717, 1.165) is 38.5 Å². The van der Waals surface area contributed by atoms with Crippen LogP contribution in [0.1, 0.15) is 194 Å². The number of esters is 1. The van der Waals surface area contributed by atoms with Crippen LogP contribution in [0.5, 0.6) is 0 Å². The van der Waals surface area contributed by atoms with Crippen LogP contribution in [0, 0.1) is 0 Å². The van der Waals surface area contributed by atoms with Crippen LogP contribution in [0.3, 0.4) is 0 Å². The van der Waals surface area contributed by atoms with Crippen LogP contribution in [0.15, 0.2) is 12.2 Å². The molecule has 1 unspecified atom stereocenters. The second-order valence-corrected chi connectivity index (χ2v) is 11.7. The summed E-state index contributed by atoms with van der Waals surface area (Å²) >= 11 is 0. The highest BCUT2D eigenvalue weighted by atomic mass is 16.5. The SMILES string of the molecule is CCCCCCCC/C=C\CCCCCCCC(=O)OC(CCCCCCCCCCCCCC)CC(=O)O. The molecule has 0 amide bonds. The predicted octanol–water partition coefficient (Wildman–Crippen LogP) is 11.5. The summed E-state index contributed by atoms with van der Waals surface area (Å²) in [5.41, 5.74) is 0. The summed E-state index contributed by atoms with van der Waals surface area (Å²) in [7, 11) is 0. The molecule has 39 heavy (non-hydrogen) atoms. The van der Waals surface area contributed by atoms with Crippen LogP contribution in [-0.2, 0) is 14.3 Å². The molecule has 0 aliphatic carbocycles. The smallest absolute Gasteiger partial charge is 0.307 e. The second-order valence-electron chi connectivity index (χ2n) is 11.7. The fourth-order valence-electron chi connectivity index (χ4n) is 5.20. The summed E-state index contributed by atoms with van der Waals surface area (Å²) in [5.74, 6) is -1.11. The van der Waals surface area contributed by atoms with Gasteiger partial charge in [-0.2, -0.15) is 0 Å². The van der Waals surface area contributed by atoms with Gasteiger partial charge in [0.25, 0.3) is 0 Å². The van der Waals surface area contributed by atoms with Gasteiger partial charge in [-0.15, -0.1) is 0 Å². The Morgan fingerprint density at radius 2 is 0.949 bits per heavy atom. The van der Waals surface area contributed by atoms with Crippen molar-refractivity contribution < 1.29 is 19.4 Å². The molecule has 0 aromatic rings. The number of hydrogen-bond donors (Lipinski definition) is 1. The van der Waals surface area contributed by atoms with Gasteiger partial charge in [0.2, 0.25) is 0 Å². The molecule has 0 aliphatic rings. The summed E-state index contributed by atoms with van der Waals surface area (Å²) in [6.45, 7) is 4.52. The van der Waals surface area contributed by atoms with Crippen molar-refractivity contribution >= 4 is 11.9 Å². The number of unbranched alkanes of at least 4 members (excludes halogenated alkanes) is 22. The van der Waals surface area contributed by atoms with Crippen molar-refractivity contribution in [1.29, 1.82) is 0 Å². The van der Waals surface area contributed by atoms with Gasteiger partial charge in [-0.05, 0) is 44.9 Å². The number of rotatable bonds is 31. The molecule has 0 aromatic carbocycles. The first-order valence-electron chi connectivity index (χ1n) is 17.2. The molecule has 0 bridgehead atoms. The summed E-state index contributed by atoms with van der Waals surface area (Å²) in [6.07, 6.45) is 36.5. The van der Waals surface area contributed by atoms with E-state index in [1.54, 1.807) is 0 Å². The van der Waals surface area contributed by atoms with E-state index >= 15 is 0 Å². The Morgan fingerprint density at radius 1 is 0.564 bits per heavy atom.